The molecule has 0 aromatic heterocycles. The molecule has 0 saturated carbocycles. The van der Waals surface area contributed by atoms with Crippen LogP contribution in [0.25, 0.3) is 0 Å². The first-order valence-electron chi connectivity index (χ1n) is 7.42. The van der Waals surface area contributed by atoms with Crippen molar-refractivity contribution in [2.24, 2.45) is 10.3 Å². The van der Waals surface area contributed by atoms with Gasteiger partial charge in [-0.15, -0.1) is 0 Å². The van der Waals surface area contributed by atoms with E-state index in [0.29, 0.717) is 5.02 Å². The molecule has 1 heterocycles. The predicted octanol–water partition coefficient (Wildman–Crippen LogP) is 4.06. The molecular weight excluding hydrogens is 365 g/mol. The maximum atomic E-state index is 13.6. The number of hydrogen-bond acceptors (Lipinski definition) is 6. The average Bonchev–Trinajstić information content (AvgIpc) is 2.94. The number of nitrogens with zero attached hydrogens (tertiary/aromatic N) is 2. The maximum absolute atomic E-state index is 13.6. The molecule has 1 aromatic carbocycles. The van der Waals surface area contributed by atoms with Crippen LogP contribution >= 0.6 is 11.6 Å². The standard InChI is InChI=1S/C15H16ClF3N2O4/c1-3-22-20-12-13(21-23-4-2)25-14(24-12)11(15(17,18)19)9-5-7-10(16)8-6-9/h5-8,11,14H,3-4H2,1-2H3. The van der Waals surface area contributed by atoms with E-state index in [1.54, 1.807) is 13.8 Å². The van der Waals surface area contributed by atoms with Crippen molar-refractivity contribution in [3.05, 3.63) is 34.9 Å². The van der Waals surface area contributed by atoms with Crippen molar-refractivity contribution in [1.29, 1.82) is 0 Å². The molecule has 2 rings (SSSR count). The molecule has 1 saturated heterocycles. The zero-order chi connectivity index (χ0) is 18.4. The highest BCUT2D eigenvalue weighted by Gasteiger charge is 2.52. The van der Waals surface area contributed by atoms with E-state index in [-0.39, 0.29) is 30.6 Å². The van der Waals surface area contributed by atoms with Gasteiger partial charge in [-0.3, -0.25) is 0 Å². The fourth-order valence-corrected chi connectivity index (χ4v) is 2.15. The van der Waals surface area contributed by atoms with Gasteiger partial charge in [-0.05, 0) is 41.9 Å². The highest BCUT2D eigenvalue weighted by molar-refractivity contribution is 6.36. The highest BCUT2D eigenvalue weighted by Crippen LogP contribution is 2.41. The van der Waals surface area contributed by atoms with E-state index in [1.165, 1.54) is 24.3 Å². The molecule has 1 unspecified atom stereocenters. The van der Waals surface area contributed by atoms with Gasteiger partial charge in [0.05, 0.1) is 0 Å². The quantitative estimate of drug-likeness (QED) is 0.698. The molecule has 0 aliphatic carbocycles. The van der Waals surface area contributed by atoms with Gasteiger partial charge in [0.25, 0.3) is 6.29 Å². The number of rotatable bonds is 6. The Hall–Kier alpha value is -2.16. The molecule has 6 nitrogen and oxygen atoms in total. The van der Waals surface area contributed by atoms with Gasteiger partial charge in [-0.1, -0.05) is 23.7 Å². The highest BCUT2D eigenvalue weighted by atomic mass is 35.5. The van der Waals surface area contributed by atoms with Crippen LogP contribution in [0.15, 0.2) is 34.6 Å². The summed E-state index contributed by atoms with van der Waals surface area (Å²) in [5.74, 6) is -2.71. The molecule has 1 atom stereocenters. The van der Waals surface area contributed by atoms with E-state index in [1.807, 2.05) is 0 Å². The molecule has 10 heteroatoms. The third-order valence-corrected chi connectivity index (χ3v) is 3.30. The van der Waals surface area contributed by atoms with E-state index >= 15 is 0 Å². The van der Waals surface area contributed by atoms with Gasteiger partial charge >= 0.3 is 18.0 Å². The summed E-state index contributed by atoms with van der Waals surface area (Å²) in [5, 5.41) is 7.45. The summed E-state index contributed by atoms with van der Waals surface area (Å²) < 4.78 is 51.1. The van der Waals surface area contributed by atoms with E-state index in [9.17, 15) is 13.2 Å². The normalized spacial score (nSPS) is 21.8. The summed E-state index contributed by atoms with van der Waals surface area (Å²) in [6, 6.07) is 5.22. The number of benzene rings is 1. The lowest BCUT2D eigenvalue weighted by molar-refractivity contribution is -0.195. The van der Waals surface area contributed by atoms with Crippen molar-refractivity contribution >= 4 is 23.4 Å². The second-order valence-electron chi connectivity index (χ2n) is 4.80. The maximum Gasteiger partial charge on any atom is 0.402 e. The summed E-state index contributed by atoms with van der Waals surface area (Å²) in [5.41, 5.74) is -0.0738. The Labute approximate surface area is 147 Å². The fraction of sp³-hybridized carbons (Fsp3) is 0.467. The van der Waals surface area contributed by atoms with Crippen LogP contribution in [0.5, 0.6) is 0 Å². The summed E-state index contributed by atoms with van der Waals surface area (Å²) in [7, 11) is 0. The van der Waals surface area contributed by atoms with Crippen LogP contribution in [0.2, 0.25) is 5.02 Å². The molecule has 1 fully saturated rings. The van der Waals surface area contributed by atoms with Crippen molar-refractivity contribution in [2.75, 3.05) is 13.2 Å². The Morgan fingerprint density at radius 1 is 1.04 bits per heavy atom. The Kier molecular flexibility index (Phi) is 6.35. The first-order valence-corrected chi connectivity index (χ1v) is 7.80. The lowest BCUT2D eigenvalue weighted by Crippen LogP contribution is -2.33. The summed E-state index contributed by atoms with van der Waals surface area (Å²) >= 11 is 5.74. The zero-order valence-corrected chi connectivity index (χ0v) is 14.2. The lowest BCUT2D eigenvalue weighted by Gasteiger charge is -2.24. The summed E-state index contributed by atoms with van der Waals surface area (Å²) in [6.45, 7) is 3.70. The molecule has 1 aliphatic rings. The van der Waals surface area contributed by atoms with Gasteiger partial charge in [0.15, 0.2) is 5.92 Å². The van der Waals surface area contributed by atoms with E-state index in [0.717, 1.165) is 0 Å². The predicted molar refractivity (Wildman–Crippen MR) is 84.3 cm³/mol. The molecular formula is C15H16ClF3N2O4. The van der Waals surface area contributed by atoms with Gasteiger partial charge in [-0.2, -0.15) is 13.2 Å². The van der Waals surface area contributed by atoms with Crippen molar-refractivity contribution in [3.8, 4) is 0 Å². The van der Waals surface area contributed by atoms with Crippen molar-refractivity contribution < 1.29 is 32.3 Å². The van der Waals surface area contributed by atoms with Gasteiger partial charge in [0, 0.05) is 5.02 Å². The number of ether oxygens (including phenoxy) is 2. The first kappa shape index (κ1) is 19.2. The molecule has 0 N–H and O–H groups in total. The van der Waals surface area contributed by atoms with E-state index in [2.05, 4.69) is 10.3 Å². The van der Waals surface area contributed by atoms with Gasteiger partial charge in [0.1, 0.15) is 13.2 Å². The summed E-state index contributed by atoms with van der Waals surface area (Å²) in [6.07, 6.45) is -6.37. The van der Waals surface area contributed by atoms with Gasteiger partial charge in [0.2, 0.25) is 0 Å². The zero-order valence-electron chi connectivity index (χ0n) is 13.4. The number of halogens is 4. The van der Waals surface area contributed by atoms with E-state index < -0.39 is 18.4 Å². The van der Waals surface area contributed by atoms with Gasteiger partial charge < -0.3 is 19.1 Å². The average molecular weight is 381 g/mol. The number of hydrogen-bond donors (Lipinski definition) is 0. The molecule has 25 heavy (non-hydrogen) atoms. The molecule has 0 spiro atoms. The van der Waals surface area contributed by atoms with Crippen LogP contribution in [0.1, 0.15) is 25.3 Å². The Morgan fingerprint density at radius 3 is 1.92 bits per heavy atom. The van der Waals surface area contributed by atoms with Crippen LogP contribution < -0.4 is 0 Å². The monoisotopic (exact) mass is 380 g/mol. The van der Waals surface area contributed by atoms with Crippen molar-refractivity contribution in [1.82, 2.24) is 0 Å². The molecule has 1 aromatic rings. The molecule has 1 aliphatic heterocycles. The van der Waals surface area contributed by atoms with Crippen LogP contribution in [0, 0.1) is 0 Å². The Bertz CT molecular complexity index is 611. The third-order valence-electron chi connectivity index (χ3n) is 3.05. The lowest BCUT2D eigenvalue weighted by atomic mass is 9.98. The van der Waals surface area contributed by atoms with Crippen LogP contribution in [0.3, 0.4) is 0 Å². The van der Waals surface area contributed by atoms with E-state index in [4.69, 9.17) is 30.7 Å². The minimum Gasteiger partial charge on any atom is -0.430 e. The minimum absolute atomic E-state index is 0.0738. The Morgan fingerprint density at radius 2 is 1.52 bits per heavy atom. The molecule has 0 radical (unpaired) electrons. The van der Waals surface area contributed by atoms with Crippen molar-refractivity contribution in [2.45, 2.75) is 32.2 Å². The third kappa shape index (κ3) is 4.91. The van der Waals surface area contributed by atoms with Crippen LogP contribution in [0.4, 0.5) is 13.2 Å². The minimum atomic E-state index is -4.64. The number of oxime groups is 2. The topological polar surface area (TPSA) is 61.6 Å². The SMILES string of the molecule is CCON=C1OC(C(c2ccc(Cl)cc2)C(F)(F)F)OC1=NOCC. The number of alkyl halides is 3. The van der Waals surface area contributed by atoms with Crippen LogP contribution in [-0.4, -0.2) is 37.5 Å². The van der Waals surface area contributed by atoms with Crippen LogP contribution in [-0.2, 0) is 19.1 Å². The largest absolute Gasteiger partial charge is 0.430 e. The second-order valence-corrected chi connectivity index (χ2v) is 5.24. The molecule has 138 valence electrons. The fourth-order valence-electron chi connectivity index (χ4n) is 2.02. The smallest absolute Gasteiger partial charge is 0.402 e. The first-order chi connectivity index (χ1) is 11.9. The molecule has 0 amide bonds. The summed E-state index contributed by atoms with van der Waals surface area (Å²) in [4.78, 5) is 9.62. The van der Waals surface area contributed by atoms with Crippen molar-refractivity contribution in [3.63, 3.8) is 0 Å². The molecule has 0 bridgehead atoms. The van der Waals surface area contributed by atoms with Gasteiger partial charge in [-0.25, -0.2) is 0 Å². The second kappa shape index (κ2) is 8.28. The Balaban J connectivity index is 2.33.